The minimum atomic E-state index is -4.46. The highest BCUT2D eigenvalue weighted by atomic mass is 35.5. The minimum Gasteiger partial charge on any atom is -0.398 e. The second-order valence-electron chi connectivity index (χ2n) is 4.85. The van der Waals surface area contributed by atoms with Gasteiger partial charge in [-0.2, -0.15) is 8.42 Å². The van der Waals surface area contributed by atoms with Crippen LogP contribution in [0.15, 0.2) is 17.0 Å². The molecule has 0 saturated carbocycles. The molecule has 1 aliphatic heterocycles. The number of aryl methyl sites for hydroxylation is 1. The first-order valence-electron chi connectivity index (χ1n) is 6.18. The molecule has 1 aromatic carbocycles. The molecule has 0 spiro atoms. The van der Waals surface area contributed by atoms with Crippen molar-refractivity contribution in [2.75, 3.05) is 12.3 Å². The molecule has 1 fully saturated rings. The highest BCUT2D eigenvalue weighted by Crippen LogP contribution is 2.29. The van der Waals surface area contributed by atoms with Crippen molar-refractivity contribution in [3.05, 3.63) is 22.7 Å². The molecule has 0 radical (unpaired) electrons. The SMILES string of the molecule is Cc1cc(N)c(S(=O)(=O)OC(=O)[C@@]2(O)CCCN2)cc1Cl. The third-order valence-corrected chi connectivity index (χ3v) is 4.89. The van der Waals surface area contributed by atoms with Gasteiger partial charge in [0, 0.05) is 11.4 Å². The smallest absolute Gasteiger partial charge is 0.369 e. The number of rotatable bonds is 3. The molecule has 0 aromatic heterocycles. The number of aliphatic hydroxyl groups is 1. The fourth-order valence-corrected chi connectivity index (χ4v) is 3.28. The van der Waals surface area contributed by atoms with Crippen LogP contribution >= 0.6 is 11.6 Å². The largest absolute Gasteiger partial charge is 0.398 e. The Labute approximate surface area is 127 Å². The Morgan fingerprint density at radius 2 is 2.19 bits per heavy atom. The molecule has 21 heavy (non-hydrogen) atoms. The maximum Gasteiger partial charge on any atom is 0.369 e. The molecule has 0 unspecified atom stereocenters. The molecule has 0 bridgehead atoms. The maximum absolute atomic E-state index is 12.1. The van der Waals surface area contributed by atoms with Gasteiger partial charge in [0.05, 0.1) is 5.69 Å². The standard InChI is InChI=1S/C12H15ClN2O5S/c1-7-5-9(14)10(6-8(7)13)21(18,19)20-11(16)12(17)3-2-4-15-12/h5-6,15,17H,2-4,14H2,1H3/t12-/m0/s1. The molecule has 0 amide bonds. The van der Waals surface area contributed by atoms with Gasteiger partial charge >= 0.3 is 16.1 Å². The second-order valence-corrected chi connectivity index (χ2v) is 6.78. The lowest BCUT2D eigenvalue weighted by Gasteiger charge is -2.20. The van der Waals surface area contributed by atoms with Gasteiger partial charge in [-0.3, -0.25) is 5.32 Å². The summed E-state index contributed by atoms with van der Waals surface area (Å²) in [5.41, 5.74) is 4.15. The van der Waals surface area contributed by atoms with E-state index in [-0.39, 0.29) is 17.1 Å². The molecule has 1 heterocycles. The molecular weight excluding hydrogens is 320 g/mol. The van der Waals surface area contributed by atoms with E-state index in [1.165, 1.54) is 6.07 Å². The van der Waals surface area contributed by atoms with E-state index >= 15 is 0 Å². The number of hydrogen-bond acceptors (Lipinski definition) is 7. The van der Waals surface area contributed by atoms with Gasteiger partial charge in [-0.25, -0.2) is 4.79 Å². The Bertz CT molecular complexity index is 683. The lowest BCUT2D eigenvalue weighted by molar-refractivity contribution is -0.156. The van der Waals surface area contributed by atoms with Crippen molar-refractivity contribution in [3.8, 4) is 0 Å². The minimum absolute atomic E-state index is 0.0749. The Morgan fingerprint density at radius 3 is 2.76 bits per heavy atom. The summed E-state index contributed by atoms with van der Waals surface area (Å²) in [7, 11) is -4.46. The third kappa shape index (κ3) is 3.13. The quantitative estimate of drug-likeness (QED) is 0.545. The number of benzene rings is 1. The molecule has 1 aromatic rings. The Hall–Kier alpha value is -1.35. The zero-order valence-electron chi connectivity index (χ0n) is 11.2. The molecule has 1 atom stereocenters. The van der Waals surface area contributed by atoms with E-state index in [4.69, 9.17) is 17.3 Å². The zero-order chi connectivity index (χ0) is 15.8. The summed E-state index contributed by atoms with van der Waals surface area (Å²) in [5.74, 6) is -1.28. The highest BCUT2D eigenvalue weighted by molar-refractivity contribution is 7.87. The van der Waals surface area contributed by atoms with Gasteiger partial charge in [0.25, 0.3) is 0 Å². The van der Waals surface area contributed by atoms with Crippen LogP contribution in [0.5, 0.6) is 0 Å². The molecule has 7 nitrogen and oxygen atoms in total. The zero-order valence-corrected chi connectivity index (χ0v) is 12.8. The third-order valence-electron chi connectivity index (χ3n) is 3.22. The van der Waals surface area contributed by atoms with E-state index < -0.39 is 26.7 Å². The van der Waals surface area contributed by atoms with Crippen LogP contribution < -0.4 is 11.1 Å². The predicted octanol–water partition coefficient (Wildman–Crippen LogP) is 0.535. The number of anilines is 1. The molecule has 2 rings (SSSR count). The summed E-state index contributed by atoms with van der Waals surface area (Å²) in [6, 6.07) is 2.48. The van der Waals surface area contributed by atoms with Gasteiger partial charge in [0.15, 0.2) is 0 Å². The van der Waals surface area contributed by atoms with Gasteiger partial charge in [0.1, 0.15) is 4.90 Å². The topological polar surface area (TPSA) is 119 Å². The van der Waals surface area contributed by atoms with Crippen molar-refractivity contribution in [1.82, 2.24) is 5.32 Å². The summed E-state index contributed by atoms with van der Waals surface area (Å²) in [4.78, 5) is 11.4. The number of nitrogen functional groups attached to an aromatic ring is 1. The van der Waals surface area contributed by atoms with Crippen molar-refractivity contribution in [3.63, 3.8) is 0 Å². The molecule has 0 aliphatic carbocycles. The van der Waals surface area contributed by atoms with Crippen LogP contribution in [0.1, 0.15) is 18.4 Å². The summed E-state index contributed by atoms with van der Waals surface area (Å²) < 4.78 is 28.7. The monoisotopic (exact) mass is 334 g/mol. The molecule has 9 heteroatoms. The van der Waals surface area contributed by atoms with Crippen molar-refractivity contribution in [2.45, 2.75) is 30.4 Å². The fourth-order valence-electron chi connectivity index (χ4n) is 2.02. The normalized spacial score (nSPS) is 22.2. The van der Waals surface area contributed by atoms with Crippen LogP contribution in [0.4, 0.5) is 5.69 Å². The van der Waals surface area contributed by atoms with E-state index in [9.17, 15) is 18.3 Å². The van der Waals surface area contributed by atoms with Gasteiger partial charge < -0.3 is 15.0 Å². The number of carbonyl (C=O) groups excluding carboxylic acids is 1. The summed E-state index contributed by atoms with van der Waals surface area (Å²) in [5, 5.41) is 12.6. The van der Waals surface area contributed by atoms with E-state index in [1.54, 1.807) is 6.92 Å². The van der Waals surface area contributed by atoms with Crippen LogP contribution in [0, 0.1) is 6.92 Å². The van der Waals surface area contributed by atoms with Crippen molar-refractivity contribution in [1.29, 1.82) is 0 Å². The van der Waals surface area contributed by atoms with E-state index in [1.807, 2.05) is 0 Å². The van der Waals surface area contributed by atoms with E-state index in [2.05, 4.69) is 9.50 Å². The van der Waals surface area contributed by atoms with Crippen molar-refractivity contribution in [2.24, 2.45) is 0 Å². The lowest BCUT2D eigenvalue weighted by atomic mass is 10.2. The average Bonchev–Trinajstić information content (AvgIpc) is 2.81. The van der Waals surface area contributed by atoms with Gasteiger partial charge in [-0.1, -0.05) is 11.6 Å². The first-order valence-corrected chi connectivity index (χ1v) is 7.96. The summed E-state index contributed by atoms with van der Waals surface area (Å²) in [6.07, 6.45) is 0.607. The van der Waals surface area contributed by atoms with Crippen LogP contribution in [-0.4, -0.2) is 31.8 Å². The van der Waals surface area contributed by atoms with Crippen molar-refractivity contribution >= 4 is 33.4 Å². The predicted molar refractivity (Wildman–Crippen MR) is 76.1 cm³/mol. The Kier molecular flexibility index (Phi) is 4.16. The number of carbonyl (C=O) groups is 1. The van der Waals surface area contributed by atoms with Crippen LogP contribution in [0.25, 0.3) is 0 Å². The number of nitrogens with two attached hydrogens (primary N) is 1. The average molecular weight is 335 g/mol. The van der Waals surface area contributed by atoms with E-state index in [0.717, 1.165) is 6.07 Å². The summed E-state index contributed by atoms with van der Waals surface area (Å²) in [6.45, 7) is 2.05. The summed E-state index contributed by atoms with van der Waals surface area (Å²) >= 11 is 5.86. The number of hydrogen-bond donors (Lipinski definition) is 3. The van der Waals surface area contributed by atoms with Gasteiger partial charge in [-0.15, -0.1) is 0 Å². The molecule has 1 aliphatic rings. The molecule has 116 valence electrons. The number of nitrogens with one attached hydrogen (secondary N) is 1. The Morgan fingerprint density at radius 1 is 1.52 bits per heavy atom. The second kappa shape index (κ2) is 5.45. The molecule has 1 saturated heterocycles. The van der Waals surface area contributed by atoms with Crippen LogP contribution in [0.2, 0.25) is 5.02 Å². The Balaban J connectivity index is 2.31. The fraction of sp³-hybridized carbons (Fsp3) is 0.417. The van der Waals surface area contributed by atoms with Gasteiger partial charge in [0.2, 0.25) is 5.72 Å². The highest BCUT2D eigenvalue weighted by Gasteiger charge is 2.43. The van der Waals surface area contributed by atoms with Gasteiger partial charge in [-0.05, 0) is 37.6 Å². The van der Waals surface area contributed by atoms with Crippen molar-refractivity contribution < 1.29 is 22.5 Å². The molecular formula is C12H15ClN2O5S. The first-order chi connectivity index (χ1) is 9.66. The van der Waals surface area contributed by atoms with E-state index in [0.29, 0.717) is 18.5 Å². The van der Waals surface area contributed by atoms with Crippen LogP contribution in [0.3, 0.4) is 0 Å². The lowest BCUT2D eigenvalue weighted by Crippen LogP contribution is -2.49. The maximum atomic E-state index is 12.1. The molecule has 4 N–H and O–H groups in total. The van der Waals surface area contributed by atoms with Crippen LogP contribution in [-0.2, 0) is 19.1 Å². The first kappa shape index (κ1) is 16.0. The number of halogens is 1.